The molecule has 0 radical (unpaired) electrons. The Balaban J connectivity index is 2.24. The molecule has 0 aliphatic rings. The molecule has 0 N–H and O–H groups in total. The van der Waals surface area contributed by atoms with Crippen LogP contribution in [0.25, 0.3) is 0 Å². The number of hydrogen-bond acceptors (Lipinski definition) is 2. The van der Waals surface area contributed by atoms with Crippen LogP contribution in [0.15, 0.2) is 63.1 Å². The van der Waals surface area contributed by atoms with Gasteiger partial charge in [-0.15, -0.1) is 0 Å². The van der Waals surface area contributed by atoms with Crippen molar-refractivity contribution in [1.82, 2.24) is 4.98 Å². The first-order chi connectivity index (χ1) is 6.86. The summed E-state index contributed by atoms with van der Waals surface area (Å²) in [4.78, 5) is 5.49. The Morgan fingerprint density at radius 3 is 2.50 bits per heavy atom. The fourth-order valence-electron chi connectivity index (χ4n) is 1.05. The Labute approximate surface area is 95.7 Å². The van der Waals surface area contributed by atoms with E-state index in [1.165, 1.54) is 4.90 Å². The molecular formula is C11H8BrNS. The number of hydrogen-bond donors (Lipinski definition) is 0. The molecule has 0 aliphatic heterocycles. The fourth-order valence-corrected chi connectivity index (χ4v) is 2.34. The highest BCUT2D eigenvalue weighted by atomic mass is 79.9. The van der Waals surface area contributed by atoms with Gasteiger partial charge in [0.05, 0.1) is 4.47 Å². The Morgan fingerprint density at radius 1 is 1.00 bits per heavy atom. The van der Waals surface area contributed by atoms with Crippen molar-refractivity contribution in [2.45, 2.75) is 9.92 Å². The van der Waals surface area contributed by atoms with Crippen LogP contribution in [0.4, 0.5) is 0 Å². The van der Waals surface area contributed by atoms with Crippen LogP contribution in [0.1, 0.15) is 0 Å². The lowest BCUT2D eigenvalue weighted by atomic mass is 10.4. The van der Waals surface area contributed by atoms with E-state index in [4.69, 9.17) is 0 Å². The molecule has 0 bridgehead atoms. The highest BCUT2D eigenvalue weighted by Gasteiger charge is 2.01. The van der Waals surface area contributed by atoms with Gasteiger partial charge in [-0.1, -0.05) is 30.0 Å². The summed E-state index contributed by atoms with van der Waals surface area (Å²) in [5, 5.41) is 0.999. The predicted molar refractivity (Wildman–Crippen MR) is 62.5 cm³/mol. The Kier molecular flexibility index (Phi) is 3.22. The minimum atomic E-state index is 0.999. The van der Waals surface area contributed by atoms with E-state index in [1.54, 1.807) is 18.0 Å². The SMILES string of the molecule is Brc1cccnc1Sc1ccccc1. The highest BCUT2D eigenvalue weighted by molar-refractivity contribution is 9.10. The number of nitrogens with zero attached hydrogens (tertiary/aromatic N) is 1. The van der Waals surface area contributed by atoms with Gasteiger partial charge in [0.2, 0.25) is 0 Å². The molecule has 0 atom stereocenters. The minimum absolute atomic E-state index is 0.999. The van der Waals surface area contributed by atoms with Crippen molar-refractivity contribution in [3.05, 3.63) is 53.1 Å². The molecule has 0 fully saturated rings. The summed E-state index contributed by atoms with van der Waals surface area (Å²) >= 11 is 5.13. The topological polar surface area (TPSA) is 12.9 Å². The number of aromatic nitrogens is 1. The first kappa shape index (κ1) is 9.74. The van der Waals surface area contributed by atoms with Gasteiger partial charge in [-0.2, -0.15) is 0 Å². The van der Waals surface area contributed by atoms with Crippen molar-refractivity contribution < 1.29 is 0 Å². The number of halogens is 1. The zero-order chi connectivity index (χ0) is 9.80. The second-order valence-corrected chi connectivity index (χ2v) is 4.62. The quantitative estimate of drug-likeness (QED) is 0.815. The molecule has 1 aromatic carbocycles. The van der Waals surface area contributed by atoms with Crippen LogP contribution in [0.5, 0.6) is 0 Å². The molecule has 2 rings (SSSR count). The predicted octanol–water partition coefficient (Wildman–Crippen LogP) is 4.00. The zero-order valence-electron chi connectivity index (χ0n) is 7.35. The van der Waals surface area contributed by atoms with E-state index < -0.39 is 0 Å². The molecule has 0 spiro atoms. The molecule has 2 aromatic rings. The number of pyridine rings is 1. The zero-order valence-corrected chi connectivity index (χ0v) is 9.75. The Morgan fingerprint density at radius 2 is 1.79 bits per heavy atom. The van der Waals surface area contributed by atoms with Crippen LogP contribution >= 0.6 is 27.7 Å². The molecule has 1 aromatic heterocycles. The van der Waals surface area contributed by atoms with Crippen LogP contribution in [-0.4, -0.2) is 4.98 Å². The molecule has 14 heavy (non-hydrogen) atoms. The lowest BCUT2D eigenvalue weighted by Gasteiger charge is -2.01. The summed E-state index contributed by atoms with van der Waals surface area (Å²) in [5.74, 6) is 0. The van der Waals surface area contributed by atoms with Crippen LogP contribution in [0.2, 0.25) is 0 Å². The molecule has 0 aliphatic carbocycles. The van der Waals surface area contributed by atoms with Crippen molar-refractivity contribution in [1.29, 1.82) is 0 Å². The Hall–Kier alpha value is -0.800. The highest BCUT2D eigenvalue weighted by Crippen LogP contribution is 2.30. The lowest BCUT2D eigenvalue weighted by Crippen LogP contribution is -1.79. The fraction of sp³-hybridized carbons (Fsp3) is 0. The monoisotopic (exact) mass is 265 g/mol. The Bertz CT molecular complexity index is 417. The standard InChI is InChI=1S/C11H8BrNS/c12-10-7-4-8-13-11(10)14-9-5-2-1-3-6-9/h1-8H. The van der Waals surface area contributed by atoms with Gasteiger partial charge in [0.25, 0.3) is 0 Å². The third-order valence-corrected chi connectivity index (χ3v) is 3.61. The van der Waals surface area contributed by atoms with Gasteiger partial charge < -0.3 is 0 Å². The van der Waals surface area contributed by atoms with Crippen molar-refractivity contribution in [3.8, 4) is 0 Å². The molecule has 0 saturated carbocycles. The second-order valence-electron chi connectivity index (χ2n) is 2.71. The normalized spacial score (nSPS) is 10.1. The summed E-state index contributed by atoms with van der Waals surface area (Å²) in [6.07, 6.45) is 1.80. The summed E-state index contributed by atoms with van der Waals surface area (Å²) < 4.78 is 1.04. The average Bonchev–Trinajstić information content (AvgIpc) is 2.23. The number of benzene rings is 1. The van der Waals surface area contributed by atoms with E-state index in [9.17, 15) is 0 Å². The molecule has 0 unspecified atom stereocenters. The molecule has 1 nitrogen and oxygen atoms in total. The summed E-state index contributed by atoms with van der Waals surface area (Å²) in [6, 6.07) is 14.1. The maximum absolute atomic E-state index is 4.29. The van der Waals surface area contributed by atoms with E-state index in [1.807, 2.05) is 30.3 Å². The van der Waals surface area contributed by atoms with E-state index in [2.05, 4.69) is 33.0 Å². The van der Waals surface area contributed by atoms with Gasteiger partial charge in [-0.25, -0.2) is 4.98 Å². The number of rotatable bonds is 2. The van der Waals surface area contributed by atoms with Crippen molar-refractivity contribution >= 4 is 27.7 Å². The first-order valence-corrected chi connectivity index (χ1v) is 5.80. The van der Waals surface area contributed by atoms with Gasteiger partial charge in [0, 0.05) is 11.1 Å². The maximum Gasteiger partial charge on any atom is 0.115 e. The summed E-state index contributed by atoms with van der Waals surface area (Å²) in [6.45, 7) is 0. The van der Waals surface area contributed by atoms with Crippen LogP contribution in [0.3, 0.4) is 0 Å². The lowest BCUT2D eigenvalue weighted by molar-refractivity contribution is 1.11. The third-order valence-electron chi connectivity index (χ3n) is 1.68. The average molecular weight is 266 g/mol. The van der Waals surface area contributed by atoms with E-state index in [-0.39, 0.29) is 0 Å². The third kappa shape index (κ3) is 2.36. The largest absolute Gasteiger partial charge is 0.248 e. The van der Waals surface area contributed by atoms with Crippen LogP contribution < -0.4 is 0 Å². The molecule has 3 heteroatoms. The van der Waals surface area contributed by atoms with E-state index in [0.29, 0.717) is 0 Å². The second kappa shape index (κ2) is 4.62. The minimum Gasteiger partial charge on any atom is -0.248 e. The van der Waals surface area contributed by atoms with Crippen molar-refractivity contribution in [2.24, 2.45) is 0 Å². The van der Waals surface area contributed by atoms with Gasteiger partial charge >= 0.3 is 0 Å². The summed E-state index contributed by atoms with van der Waals surface area (Å²) in [5.41, 5.74) is 0. The molecule has 0 amide bonds. The first-order valence-electron chi connectivity index (χ1n) is 4.20. The summed E-state index contributed by atoms with van der Waals surface area (Å²) in [7, 11) is 0. The van der Waals surface area contributed by atoms with Gasteiger partial charge in [-0.05, 0) is 40.2 Å². The molecular weight excluding hydrogens is 258 g/mol. The van der Waals surface area contributed by atoms with E-state index >= 15 is 0 Å². The van der Waals surface area contributed by atoms with Crippen molar-refractivity contribution in [3.63, 3.8) is 0 Å². The van der Waals surface area contributed by atoms with E-state index in [0.717, 1.165) is 9.50 Å². The van der Waals surface area contributed by atoms with Crippen LogP contribution in [-0.2, 0) is 0 Å². The maximum atomic E-state index is 4.29. The van der Waals surface area contributed by atoms with Crippen LogP contribution in [0, 0.1) is 0 Å². The molecule has 70 valence electrons. The molecule has 0 saturated heterocycles. The smallest absolute Gasteiger partial charge is 0.115 e. The molecule has 1 heterocycles. The van der Waals surface area contributed by atoms with Gasteiger partial charge in [0.15, 0.2) is 0 Å². The van der Waals surface area contributed by atoms with Gasteiger partial charge in [0.1, 0.15) is 5.03 Å². The van der Waals surface area contributed by atoms with Gasteiger partial charge in [-0.3, -0.25) is 0 Å². The van der Waals surface area contributed by atoms with Crippen molar-refractivity contribution in [2.75, 3.05) is 0 Å².